The average molecular weight is 564 g/mol. The van der Waals surface area contributed by atoms with Crippen LogP contribution in [-0.2, 0) is 0 Å². The molecule has 0 amide bonds. The number of fused-ring (bicyclic) bond motifs is 6. The van der Waals surface area contributed by atoms with Crippen molar-refractivity contribution in [2.75, 3.05) is 0 Å². The van der Waals surface area contributed by atoms with Gasteiger partial charge < -0.3 is 8.98 Å². The van der Waals surface area contributed by atoms with Crippen molar-refractivity contribution >= 4 is 43.7 Å². The molecule has 4 nitrogen and oxygen atoms in total. The third kappa shape index (κ3) is 3.92. The summed E-state index contributed by atoms with van der Waals surface area (Å²) in [6, 6.07) is 45.1. The van der Waals surface area contributed by atoms with Gasteiger partial charge in [-0.3, -0.25) is 9.97 Å². The second kappa shape index (κ2) is 9.79. The molecular weight excluding hydrogens is 538 g/mol. The van der Waals surface area contributed by atoms with Crippen LogP contribution in [0.25, 0.3) is 82.8 Å². The highest BCUT2D eigenvalue weighted by Gasteiger charge is 2.13. The Kier molecular flexibility index (Phi) is 5.47. The van der Waals surface area contributed by atoms with Gasteiger partial charge in [-0.15, -0.1) is 0 Å². The van der Waals surface area contributed by atoms with E-state index in [1.807, 2.05) is 36.9 Å². The van der Waals surface area contributed by atoms with Gasteiger partial charge in [0.2, 0.25) is 0 Å². The van der Waals surface area contributed by atoms with E-state index in [9.17, 15) is 0 Å². The van der Waals surface area contributed by atoms with Gasteiger partial charge in [-0.25, -0.2) is 0 Å². The fourth-order valence-electron chi connectivity index (χ4n) is 6.47. The largest absolute Gasteiger partial charge is 0.456 e. The maximum absolute atomic E-state index is 6.06. The van der Waals surface area contributed by atoms with Crippen LogP contribution in [0.5, 0.6) is 0 Å². The summed E-state index contributed by atoms with van der Waals surface area (Å²) in [5.74, 6) is 0. The molecule has 4 aromatic heterocycles. The van der Waals surface area contributed by atoms with E-state index >= 15 is 0 Å². The highest BCUT2D eigenvalue weighted by Crippen LogP contribution is 2.36. The smallest absolute Gasteiger partial charge is 0.135 e. The lowest BCUT2D eigenvalue weighted by atomic mass is 9.95. The number of furan rings is 1. The second-order valence-corrected chi connectivity index (χ2v) is 11.1. The van der Waals surface area contributed by atoms with Crippen LogP contribution in [0.15, 0.2) is 157 Å². The number of para-hydroxylation sites is 1. The van der Waals surface area contributed by atoms with Crippen LogP contribution >= 0.6 is 0 Å². The van der Waals surface area contributed by atoms with Gasteiger partial charge in [0.1, 0.15) is 11.2 Å². The normalized spacial score (nSPS) is 11.6. The third-order valence-electron chi connectivity index (χ3n) is 8.57. The Bertz CT molecular complexity index is 2470. The van der Waals surface area contributed by atoms with Crippen molar-refractivity contribution in [2.24, 2.45) is 0 Å². The van der Waals surface area contributed by atoms with Crippen molar-refractivity contribution in [3.8, 4) is 39.1 Å². The SMILES string of the molecule is c1cc(-c2cccc(-c3ccc4oc5ccccc5c4c3)c2)cc(-c2cccc(-n3c4ccncc4c4cnccc43)c2)c1. The lowest BCUT2D eigenvalue weighted by Gasteiger charge is -2.12. The van der Waals surface area contributed by atoms with Crippen molar-refractivity contribution in [1.82, 2.24) is 14.5 Å². The molecule has 206 valence electrons. The Morgan fingerprint density at radius 1 is 0.409 bits per heavy atom. The standard InChI is InChI=1S/C40H25N3O/c1-2-13-39-33(12-1)34-23-31(14-15-40(34)44-39)29-9-4-7-27(21-29)26-6-3-8-28(20-26)30-10-5-11-32(22-30)43-37-16-18-41-24-35(37)36-25-42-19-17-38(36)43/h1-25H. The minimum atomic E-state index is 0.912. The van der Waals surface area contributed by atoms with E-state index in [4.69, 9.17) is 4.42 Å². The van der Waals surface area contributed by atoms with E-state index in [0.717, 1.165) is 55.0 Å². The zero-order chi connectivity index (χ0) is 29.0. The number of pyridine rings is 2. The Balaban J connectivity index is 1.11. The fourth-order valence-corrected chi connectivity index (χ4v) is 6.47. The van der Waals surface area contributed by atoms with E-state index in [-0.39, 0.29) is 0 Å². The Morgan fingerprint density at radius 2 is 0.955 bits per heavy atom. The minimum Gasteiger partial charge on any atom is -0.456 e. The van der Waals surface area contributed by atoms with Gasteiger partial charge in [-0.05, 0) is 88.0 Å². The maximum atomic E-state index is 6.06. The third-order valence-corrected chi connectivity index (χ3v) is 8.57. The van der Waals surface area contributed by atoms with Gasteiger partial charge in [0.05, 0.1) is 11.0 Å². The predicted molar refractivity (Wildman–Crippen MR) is 180 cm³/mol. The van der Waals surface area contributed by atoms with Crippen molar-refractivity contribution in [2.45, 2.75) is 0 Å². The molecule has 0 aliphatic carbocycles. The first-order valence-corrected chi connectivity index (χ1v) is 14.7. The quantitative estimate of drug-likeness (QED) is 0.214. The Labute approximate surface area is 253 Å². The lowest BCUT2D eigenvalue weighted by Crippen LogP contribution is -1.94. The number of aromatic nitrogens is 3. The summed E-state index contributed by atoms with van der Waals surface area (Å²) in [5, 5.41) is 4.48. The van der Waals surface area contributed by atoms with Gasteiger partial charge in [0.15, 0.2) is 0 Å². The van der Waals surface area contributed by atoms with Crippen LogP contribution in [0, 0.1) is 0 Å². The van der Waals surface area contributed by atoms with Crippen LogP contribution in [0.3, 0.4) is 0 Å². The summed E-state index contributed by atoms with van der Waals surface area (Å²) in [6.07, 6.45) is 7.55. The molecule has 0 saturated carbocycles. The molecule has 0 spiro atoms. The molecule has 9 rings (SSSR count). The van der Waals surface area contributed by atoms with Gasteiger partial charge >= 0.3 is 0 Å². The molecule has 44 heavy (non-hydrogen) atoms. The lowest BCUT2D eigenvalue weighted by molar-refractivity contribution is 0.669. The topological polar surface area (TPSA) is 43.9 Å². The van der Waals surface area contributed by atoms with E-state index in [1.54, 1.807) is 0 Å². The fraction of sp³-hybridized carbons (Fsp3) is 0. The maximum Gasteiger partial charge on any atom is 0.135 e. The van der Waals surface area contributed by atoms with Crippen molar-refractivity contribution in [3.63, 3.8) is 0 Å². The van der Waals surface area contributed by atoms with Crippen LogP contribution in [0.2, 0.25) is 0 Å². The molecule has 0 unspecified atom stereocenters. The number of nitrogens with zero attached hydrogens (tertiary/aromatic N) is 3. The minimum absolute atomic E-state index is 0.912. The molecule has 4 heteroatoms. The predicted octanol–water partition coefficient (Wildman–Crippen LogP) is 10.5. The number of hydrogen-bond acceptors (Lipinski definition) is 3. The molecular formula is C40H25N3O. The van der Waals surface area contributed by atoms with Crippen LogP contribution in [0.1, 0.15) is 0 Å². The molecule has 0 bridgehead atoms. The molecule has 0 radical (unpaired) electrons. The summed E-state index contributed by atoms with van der Waals surface area (Å²) in [4.78, 5) is 8.75. The molecule has 4 heterocycles. The van der Waals surface area contributed by atoms with Gasteiger partial charge in [0, 0.05) is 52.0 Å². The van der Waals surface area contributed by atoms with E-state index in [0.29, 0.717) is 0 Å². The Hall–Kier alpha value is -6.00. The average Bonchev–Trinajstić information content (AvgIpc) is 3.64. The van der Waals surface area contributed by atoms with Crippen LogP contribution in [-0.4, -0.2) is 14.5 Å². The van der Waals surface area contributed by atoms with Crippen LogP contribution in [0.4, 0.5) is 0 Å². The highest BCUT2D eigenvalue weighted by molar-refractivity contribution is 6.08. The monoisotopic (exact) mass is 563 g/mol. The highest BCUT2D eigenvalue weighted by atomic mass is 16.3. The molecule has 0 fully saturated rings. The summed E-state index contributed by atoms with van der Waals surface area (Å²) in [5.41, 5.74) is 12.2. The van der Waals surface area contributed by atoms with Crippen LogP contribution < -0.4 is 0 Å². The molecule has 5 aromatic carbocycles. The van der Waals surface area contributed by atoms with E-state index in [2.05, 4.69) is 130 Å². The first-order valence-electron chi connectivity index (χ1n) is 14.7. The molecule has 0 aliphatic heterocycles. The first kappa shape index (κ1) is 24.6. The van der Waals surface area contributed by atoms with E-state index in [1.165, 1.54) is 27.8 Å². The molecule has 0 saturated heterocycles. The van der Waals surface area contributed by atoms with Gasteiger partial charge in [0.25, 0.3) is 0 Å². The van der Waals surface area contributed by atoms with Crippen molar-refractivity contribution < 1.29 is 4.42 Å². The summed E-state index contributed by atoms with van der Waals surface area (Å²) in [7, 11) is 0. The first-order chi connectivity index (χ1) is 21.8. The zero-order valence-electron chi connectivity index (χ0n) is 23.7. The zero-order valence-corrected chi connectivity index (χ0v) is 23.7. The number of rotatable bonds is 4. The van der Waals surface area contributed by atoms with Gasteiger partial charge in [-0.2, -0.15) is 0 Å². The van der Waals surface area contributed by atoms with Crippen molar-refractivity contribution in [3.05, 3.63) is 152 Å². The summed E-state index contributed by atoms with van der Waals surface area (Å²) in [6.45, 7) is 0. The number of hydrogen-bond donors (Lipinski definition) is 0. The summed E-state index contributed by atoms with van der Waals surface area (Å²) < 4.78 is 8.36. The second-order valence-electron chi connectivity index (χ2n) is 11.1. The van der Waals surface area contributed by atoms with E-state index < -0.39 is 0 Å². The number of benzene rings is 5. The van der Waals surface area contributed by atoms with Gasteiger partial charge in [-0.1, -0.05) is 72.8 Å². The van der Waals surface area contributed by atoms with Crippen molar-refractivity contribution in [1.29, 1.82) is 0 Å². The Morgan fingerprint density at radius 3 is 1.61 bits per heavy atom. The molecule has 9 aromatic rings. The molecule has 0 aliphatic rings. The molecule has 0 N–H and O–H groups in total. The molecule has 0 atom stereocenters. The summed E-state index contributed by atoms with van der Waals surface area (Å²) >= 11 is 0.